The third-order valence-electron chi connectivity index (χ3n) is 7.48. The molecule has 1 fully saturated rings. The zero-order valence-electron chi connectivity index (χ0n) is 23.8. The molecule has 0 bridgehead atoms. The third kappa shape index (κ3) is 8.03. The lowest BCUT2D eigenvalue weighted by atomic mass is 9.82. The van der Waals surface area contributed by atoms with Crippen molar-refractivity contribution in [2.24, 2.45) is 4.99 Å². The number of benzene rings is 3. The van der Waals surface area contributed by atoms with Gasteiger partial charge in [0.05, 0.1) is 19.8 Å². The molecule has 11 heteroatoms. The first-order valence-electron chi connectivity index (χ1n) is 14.4. The third-order valence-corrected chi connectivity index (χ3v) is 8.78. The molecule has 5 rings (SSSR count). The number of carbonyl (C=O) groups is 1. The Bertz CT molecular complexity index is 1380. The smallest absolute Gasteiger partial charge is 0.266 e. The first-order chi connectivity index (χ1) is 21.0. The van der Waals surface area contributed by atoms with E-state index in [2.05, 4.69) is 47.6 Å². The number of hydrogen-bond acceptors (Lipinski definition) is 8. The van der Waals surface area contributed by atoms with Gasteiger partial charge in [-0.3, -0.25) is 15.1 Å². The molecule has 3 N–H and O–H groups in total. The first-order valence-corrected chi connectivity index (χ1v) is 16.0. The van der Waals surface area contributed by atoms with Gasteiger partial charge in [0.25, 0.3) is 5.91 Å². The number of aliphatic hydroxyl groups is 1. The summed E-state index contributed by atoms with van der Waals surface area (Å²) in [4.78, 5) is 21.7. The van der Waals surface area contributed by atoms with E-state index in [4.69, 9.17) is 24.3 Å². The Morgan fingerprint density at radius 1 is 1.05 bits per heavy atom. The number of rotatable bonds is 13. The van der Waals surface area contributed by atoms with E-state index in [-0.39, 0.29) is 12.5 Å². The van der Waals surface area contributed by atoms with Crippen LogP contribution in [0.25, 0.3) is 0 Å². The Morgan fingerprint density at radius 2 is 1.79 bits per heavy atom. The summed E-state index contributed by atoms with van der Waals surface area (Å²) in [6, 6.07) is 23.1. The van der Waals surface area contributed by atoms with Gasteiger partial charge in [0.2, 0.25) is 5.90 Å². The number of amides is 1. The standard InChI is InChI=1S/C32H36Br2N4O5/c33-26-10-6-23(7-11-26)29-32(22-25-4-1-2-5-28(25)34,31(40)37-35-14-15-38-16-20-41-21-17-38)36-30(43-29)24-8-12-27(13-9-24)42-19-3-18-39/h1-2,4-13,29,35,39H,3,14-22H2,(H,37,40)/t29-,32-/m0/s1. The lowest BCUT2D eigenvalue weighted by Gasteiger charge is -2.31. The lowest BCUT2D eigenvalue weighted by molar-refractivity contribution is -0.130. The Labute approximate surface area is 268 Å². The van der Waals surface area contributed by atoms with Gasteiger partial charge in [0, 0.05) is 60.1 Å². The second kappa shape index (κ2) is 15.3. The highest BCUT2D eigenvalue weighted by atomic mass is 79.9. The predicted molar refractivity (Wildman–Crippen MR) is 172 cm³/mol. The summed E-state index contributed by atoms with van der Waals surface area (Å²) < 4.78 is 19.6. The average Bonchev–Trinajstić information content (AvgIpc) is 3.42. The van der Waals surface area contributed by atoms with Crippen LogP contribution < -0.4 is 15.6 Å². The fourth-order valence-corrected chi connectivity index (χ4v) is 5.83. The van der Waals surface area contributed by atoms with E-state index in [1.165, 1.54) is 0 Å². The van der Waals surface area contributed by atoms with Crippen molar-refractivity contribution >= 4 is 43.7 Å². The highest BCUT2D eigenvalue weighted by molar-refractivity contribution is 9.10. The summed E-state index contributed by atoms with van der Waals surface area (Å²) in [6.07, 6.45) is 0.168. The number of aliphatic hydroxyl groups excluding tert-OH is 1. The van der Waals surface area contributed by atoms with Crippen molar-refractivity contribution in [3.05, 3.63) is 98.4 Å². The topological polar surface area (TPSA) is 105 Å². The number of hydrazine groups is 1. The van der Waals surface area contributed by atoms with Gasteiger partial charge in [-0.05, 0) is 53.6 Å². The number of carbonyl (C=O) groups excluding carboxylic acids is 1. The van der Waals surface area contributed by atoms with E-state index >= 15 is 0 Å². The number of hydrogen-bond donors (Lipinski definition) is 3. The van der Waals surface area contributed by atoms with Crippen molar-refractivity contribution in [1.29, 1.82) is 0 Å². The van der Waals surface area contributed by atoms with Crippen molar-refractivity contribution in [3.63, 3.8) is 0 Å². The predicted octanol–water partition coefficient (Wildman–Crippen LogP) is 4.43. The van der Waals surface area contributed by atoms with Crippen LogP contribution >= 0.6 is 31.9 Å². The molecular weight excluding hydrogens is 680 g/mol. The van der Waals surface area contributed by atoms with E-state index in [1.807, 2.05) is 72.8 Å². The molecule has 0 radical (unpaired) electrons. The van der Waals surface area contributed by atoms with Gasteiger partial charge in [-0.15, -0.1) is 0 Å². The van der Waals surface area contributed by atoms with E-state index in [0.717, 1.165) is 58.5 Å². The number of nitrogens with one attached hydrogen (secondary N) is 2. The summed E-state index contributed by atoms with van der Waals surface area (Å²) in [5, 5.41) is 9.05. The molecule has 2 heterocycles. The van der Waals surface area contributed by atoms with Gasteiger partial charge in [0.15, 0.2) is 11.6 Å². The van der Waals surface area contributed by atoms with E-state index in [1.54, 1.807) is 0 Å². The molecule has 3 aromatic carbocycles. The molecule has 228 valence electrons. The van der Waals surface area contributed by atoms with Crippen LogP contribution in [-0.4, -0.2) is 80.0 Å². The molecule has 2 aliphatic rings. The summed E-state index contributed by atoms with van der Waals surface area (Å²) in [7, 11) is 0. The van der Waals surface area contributed by atoms with Crippen LogP contribution in [0.2, 0.25) is 0 Å². The maximum absolute atomic E-state index is 14.3. The quantitative estimate of drug-likeness (QED) is 0.178. The summed E-state index contributed by atoms with van der Waals surface area (Å²) in [6.45, 7) is 5.06. The highest BCUT2D eigenvalue weighted by Gasteiger charge is 2.53. The van der Waals surface area contributed by atoms with Crippen LogP contribution in [0.15, 0.2) is 86.7 Å². The Hall–Kier alpha value is -2.80. The lowest BCUT2D eigenvalue weighted by Crippen LogP contribution is -2.55. The summed E-state index contributed by atoms with van der Waals surface area (Å²) >= 11 is 7.20. The van der Waals surface area contributed by atoms with Gasteiger partial charge >= 0.3 is 0 Å². The van der Waals surface area contributed by atoms with Gasteiger partial charge in [0.1, 0.15) is 5.75 Å². The summed E-state index contributed by atoms with van der Waals surface area (Å²) in [5.74, 6) is 0.782. The van der Waals surface area contributed by atoms with Gasteiger partial charge in [-0.1, -0.05) is 62.2 Å². The second-order valence-corrected chi connectivity index (χ2v) is 12.2. The van der Waals surface area contributed by atoms with E-state index in [0.29, 0.717) is 37.6 Å². The van der Waals surface area contributed by atoms with Crippen molar-refractivity contribution in [2.75, 3.05) is 52.6 Å². The van der Waals surface area contributed by atoms with Crippen LogP contribution in [0, 0.1) is 0 Å². The Morgan fingerprint density at radius 3 is 2.51 bits per heavy atom. The molecule has 0 unspecified atom stereocenters. The van der Waals surface area contributed by atoms with Crippen LogP contribution in [0.1, 0.15) is 29.2 Å². The monoisotopic (exact) mass is 714 g/mol. The fraction of sp³-hybridized carbons (Fsp3) is 0.375. The first kappa shape index (κ1) is 31.6. The Balaban J connectivity index is 1.46. The molecule has 1 amide bonds. The van der Waals surface area contributed by atoms with Crippen LogP contribution in [0.3, 0.4) is 0 Å². The molecule has 3 aromatic rings. The minimum Gasteiger partial charge on any atom is -0.494 e. The minimum atomic E-state index is -1.31. The molecule has 0 aromatic heterocycles. The second-order valence-electron chi connectivity index (χ2n) is 10.4. The summed E-state index contributed by atoms with van der Waals surface area (Å²) in [5.41, 5.74) is 7.31. The number of nitrogens with zero attached hydrogens (tertiary/aromatic N) is 2. The number of halogens is 2. The largest absolute Gasteiger partial charge is 0.494 e. The minimum absolute atomic E-state index is 0.0733. The number of ether oxygens (including phenoxy) is 3. The molecule has 43 heavy (non-hydrogen) atoms. The molecule has 2 aliphatic heterocycles. The van der Waals surface area contributed by atoms with Crippen molar-refractivity contribution < 1.29 is 24.1 Å². The maximum atomic E-state index is 14.3. The van der Waals surface area contributed by atoms with E-state index < -0.39 is 11.6 Å². The highest BCUT2D eigenvalue weighted by Crippen LogP contribution is 2.43. The average molecular weight is 716 g/mol. The fourth-order valence-electron chi connectivity index (χ4n) is 5.14. The van der Waals surface area contributed by atoms with Gasteiger partial charge in [-0.2, -0.15) is 0 Å². The van der Waals surface area contributed by atoms with Crippen molar-refractivity contribution in [2.45, 2.75) is 24.5 Å². The number of morpholine rings is 1. The van der Waals surface area contributed by atoms with Gasteiger partial charge < -0.3 is 19.3 Å². The van der Waals surface area contributed by atoms with Crippen LogP contribution in [-0.2, 0) is 20.7 Å². The molecule has 0 saturated carbocycles. The SMILES string of the molecule is O=C(NNCCN1CCOCC1)[C@@]1(Cc2ccccc2Br)N=C(c2ccc(OCCCO)cc2)O[C@H]1c1ccc(Br)cc1. The molecule has 1 saturated heterocycles. The molecule has 2 atom stereocenters. The van der Waals surface area contributed by atoms with Crippen LogP contribution in [0.5, 0.6) is 5.75 Å². The molecular formula is C32H36Br2N4O5. The zero-order chi connectivity index (χ0) is 30.1. The molecule has 0 aliphatic carbocycles. The van der Waals surface area contributed by atoms with E-state index in [9.17, 15) is 4.79 Å². The molecule has 9 nitrogen and oxygen atoms in total. The van der Waals surface area contributed by atoms with Crippen LogP contribution in [0.4, 0.5) is 0 Å². The Kier molecular flexibility index (Phi) is 11.2. The normalized spacial score (nSPS) is 20.3. The van der Waals surface area contributed by atoms with Crippen molar-refractivity contribution in [3.8, 4) is 5.75 Å². The van der Waals surface area contributed by atoms with Crippen molar-refractivity contribution in [1.82, 2.24) is 15.8 Å². The zero-order valence-corrected chi connectivity index (χ0v) is 27.0. The molecule has 0 spiro atoms. The maximum Gasteiger partial charge on any atom is 0.266 e. The number of aliphatic imine (C=N–C) groups is 1. The van der Waals surface area contributed by atoms with Gasteiger partial charge in [-0.25, -0.2) is 10.4 Å².